The largest absolute Gasteiger partial charge is 0.419 e. The lowest BCUT2D eigenvalue weighted by atomic mass is 10.5. The molecule has 1 fully saturated rings. The van der Waals surface area contributed by atoms with Crippen LogP contribution in [0.4, 0.5) is 4.79 Å². The van der Waals surface area contributed by atoms with Crippen LogP contribution in [0.1, 0.15) is 6.92 Å². The lowest BCUT2D eigenvalue weighted by Crippen LogP contribution is -2.33. The van der Waals surface area contributed by atoms with Crippen molar-refractivity contribution in [1.82, 2.24) is 4.90 Å². The SMILES string of the molecule is CCN1C(=O)OC(Cl)(Cl)C1=O. The van der Waals surface area contributed by atoms with Crippen LogP contribution in [0.25, 0.3) is 0 Å². The van der Waals surface area contributed by atoms with Crippen LogP contribution in [0.5, 0.6) is 0 Å². The Bertz CT molecular complexity index is 216. The van der Waals surface area contributed by atoms with Crippen molar-refractivity contribution < 1.29 is 14.3 Å². The van der Waals surface area contributed by atoms with Gasteiger partial charge in [-0.3, -0.25) is 4.79 Å². The summed E-state index contributed by atoms with van der Waals surface area (Å²) in [5, 5.41) is 0. The molecule has 6 heteroatoms. The van der Waals surface area contributed by atoms with Crippen molar-refractivity contribution in [2.24, 2.45) is 0 Å². The van der Waals surface area contributed by atoms with Gasteiger partial charge in [-0.25, -0.2) is 9.69 Å². The van der Waals surface area contributed by atoms with Crippen LogP contribution in [0, 0.1) is 0 Å². The minimum atomic E-state index is -2.02. The van der Waals surface area contributed by atoms with Gasteiger partial charge in [-0.1, -0.05) is 0 Å². The number of rotatable bonds is 1. The number of ether oxygens (including phenoxy) is 1. The smallest absolute Gasteiger partial charge is 0.402 e. The second-order valence-electron chi connectivity index (χ2n) is 1.93. The Labute approximate surface area is 73.0 Å². The van der Waals surface area contributed by atoms with Crippen molar-refractivity contribution in [3.8, 4) is 0 Å². The van der Waals surface area contributed by atoms with Gasteiger partial charge in [0.05, 0.1) is 0 Å². The lowest BCUT2D eigenvalue weighted by Gasteiger charge is -2.06. The first-order valence-corrected chi connectivity index (χ1v) is 3.67. The summed E-state index contributed by atoms with van der Waals surface area (Å²) in [5.74, 6) is -0.728. The first kappa shape index (κ1) is 8.62. The summed E-state index contributed by atoms with van der Waals surface area (Å²) in [6, 6.07) is 0. The number of cyclic esters (lactones) is 1. The highest BCUT2D eigenvalue weighted by Crippen LogP contribution is 2.31. The molecule has 1 rings (SSSR count). The molecule has 0 radical (unpaired) electrons. The highest BCUT2D eigenvalue weighted by molar-refractivity contribution is 6.58. The number of hydrogen-bond acceptors (Lipinski definition) is 3. The molecule has 62 valence electrons. The van der Waals surface area contributed by atoms with E-state index in [0.717, 1.165) is 4.90 Å². The average molecular weight is 198 g/mol. The van der Waals surface area contributed by atoms with E-state index in [-0.39, 0.29) is 6.54 Å². The molecule has 4 nitrogen and oxygen atoms in total. The molecule has 0 unspecified atom stereocenters. The maximum absolute atomic E-state index is 11.0. The van der Waals surface area contributed by atoms with E-state index in [2.05, 4.69) is 4.74 Å². The molecule has 1 aliphatic rings. The Morgan fingerprint density at radius 1 is 1.55 bits per heavy atom. The summed E-state index contributed by atoms with van der Waals surface area (Å²) in [5.41, 5.74) is 0. The zero-order chi connectivity index (χ0) is 8.65. The number of halogens is 2. The lowest BCUT2D eigenvalue weighted by molar-refractivity contribution is -0.128. The average Bonchev–Trinajstić information content (AvgIpc) is 2.04. The van der Waals surface area contributed by atoms with Crippen LogP contribution in [0.3, 0.4) is 0 Å². The van der Waals surface area contributed by atoms with Crippen LogP contribution < -0.4 is 0 Å². The van der Waals surface area contributed by atoms with Crippen molar-refractivity contribution in [2.75, 3.05) is 6.54 Å². The molecule has 0 atom stereocenters. The quantitative estimate of drug-likeness (QED) is 0.593. The fourth-order valence-corrected chi connectivity index (χ4v) is 1.06. The van der Waals surface area contributed by atoms with Gasteiger partial charge in [0, 0.05) is 6.54 Å². The zero-order valence-electron chi connectivity index (χ0n) is 5.63. The summed E-state index contributed by atoms with van der Waals surface area (Å²) in [7, 11) is 0. The number of imide groups is 1. The summed E-state index contributed by atoms with van der Waals surface area (Å²) in [6.07, 6.45) is -0.803. The van der Waals surface area contributed by atoms with E-state index in [1.165, 1.54) is 0 Å². The van der Waals surface area contributed by atoms with Crippen LogP contribution in [-0.2, 0) is 9.53 Å². The second-order valence-corrected chi connectivity index (χ2v) is 3.19. The molecule has 2 amide bonds. The molecule has 0 aromatic heterocycles. The van der Waals surface area contributed by atoms with Gasteiger partial charge in [0.25, 0.3) is 0 Å². The Morgan fingerprint density at radius 3 is 2.27 bits per heavy atom. The first-order chi connectivity index (χ1) is 4.99. The van der Waals surface area contributed by atoms with Gasteiger partial charge in [-0.05, 0) is 30.1 Å². The second kappa shape index (κ2) is 2.53. The number of carbonyl (C=O) groups is 2. The van der Waals surface area contributed by atoms with Crippen molar-refractivity contribution in [3.05, 3.63) is 0 Å². The Balaban J connectivity index is 2.88. The van der Waals surface area contributed by atoms with E-state index >= 15 is 0 Å². The molecule has 0 spiro atoms. The summed E-state index contributed by atoms with van der Waals surface area (Å²) in [6.45, 7) is 1.83. The molecule has 0 aromatic rings. The minimum Gasteiger partial charge on any atom is -0.402 e. The van der Waals surface area contributed by atoms with Gasteiger partial charge in [-0.2, -0.15) is 0 Å². The molecule has 0 aromatic carbocycles. The standard InChI is InChI=1S/C5H5Cl2NO3/c1-2-8-3(9)5(6,7)11-4(8)10/h2H2,1H3. The van der Waals surface area contributed by atoms with Crippen LogP contribution >= 0.6 is 23.2 Å². The van der Waals surface area contributed by atoms with Gasteiger partial charge in [-0.15, -0.1) is 0 Å². The van der Waals surface area contributed by atoms with Crippen LogP contribution in [-0.4, -0.2) is 28.0 Å². The van der Waals surface area contributed by atoms with E-state index in [9.17, 15) is 9.59 Å². The Hall–Kier alpha value is -0.480. The number of alkyl halides is 2. The molecular weight excluding hydrogens is 193 g/mol. The molecule has 1 heterocycles. The maximum atomic E-state index is 11.0. The Kier molecular flexibility index (Phi) is 1.98. The van der Waals surface area contributed by atoms with Crippen LogP contribution in [0.2, 0.25) is 0 Å². The summed E-state index contributed by atoms with van der Waals surface area (Å²) in [4.78, 5) is 22.6. The highest BCUT2D eigenvalue weighted by atomic mass is 35.5. The number of nitrogens with zero attached hydrogens (tertiary/aromatic N) is 1. The molecule has 1 aliphatic heterocycles. The fourth-order valence-electron chi connectivity index (χ4n) is 0.721. The van der Waals surface area contributed by atoms with Crippen molar-refractivity contribution >= 4 is 35.2 Å². The van der Waals surface area contributed by atoms with Gasteiger partial charge in [0.1, 0.15) is 0 Å². The predicted molar refractivity (Wildman–Crippen MR) is 38.3 cm³/mol. The highest BCUT2D eigenvalue weighted by Gasteiger charge is 2.51. The molecule has 0 aliphatic carbocycles. The van der Waals surface area contributed by atoms with Crippen molar-refractivity contribution in [1.29, 1.82) is 0 Å². The number of amides is 2. The predicted octanol–water partition coefficient (Wildman–Crippen LogP) is 1.12. The van der Waals surface area contributed by atoms with E-state index in [1.807, 2.05) is 0 Å². The monoisotopic (exact) mass is 197 g/mol. The molecule has 0 bridgehead atoms. The van der Waals surface area contributed by atoms with Crippen molar-refractivity contribution in [2.45, 2.75) is 11.4 Å². The van der Waals surface area contributed by atoms with Crippen molar-refractivity contribution in [3.63, 3.8) is 0 Å². The van der Waals surface area contributed by atoms with Gasteiger partial charge in [0.2, 0.25) is 0 Å². The normalized spacial score (nSPS) is 22.3. The number of likely N-dealkylation sites (N-methyl/N-ethyl adjacent to an activating group) is 1. The van der Waals surface area contributed by atoms with E-state index < -0.39 is 16.5 Å². The third-order valence-electron chi connectivity index (χ3n) is 1.25. The van der Waals surface area contributed by atoms with Gasteiger partial charge in [0.15, 0.2) is 0 Å². The summed E-state index contributed by atoms with van der Waals surface area (Å²) < 4.78 is 2.31. The minimum absolute atomic E-state index is 0.207. The van der Waals surface area contributed by atoms with E-state index in [1.54, 1.807) is 6.92 Å². The molecule has 1 saturated heterocycles. The molecule has 0 N–H and O–H groups in total. The molecule has 11 heavy (non-hydrogen) atoms. The van der Waals surface area contributed by atoms with E-state index in [4.69, 9.17) is 23.2 Å². The fraction of sp³-hybridized carbons (Fsp3) is 0.600. The Morgan fingerprint density at radius 2 is 2.09 bits per heavy atom. The number of hydrogen-bond donors (Lipinski definition) is 0. The first-order valence-electron chi connectivity index (χ1n) is 2.92. The van der Waals surface area contributed by atoms with Crippen LogP contribution in [0.15, 0.2) is 0 Å². The third kappa shape index (κ3) is 1.28. The van der Waals surface area contributed by atoms with E-state index in [0.29, 0.717) is 0 Å². The van der Waals surface area contributed by atoms with Gasteiger partial charge < -0.3 is 4.74 Å². The zero-order valence-corrected chi connectivity index (χ0v) is 7.15. The molecule has 0 saturated carbocycles. The summed E-state index contributed by atoms with van der Waals surface area (Å²) >= 11 is 10.6. The third-order valence-corrected chi connectivity index (χ3v) is 1.72. The molecular formula is C5H5Cl2NO3. The topological polar surface area (TPSA) is 46.6 Å². The maximum Gasteiger partial charge on any atom is 0.419 e. The number of carbonyl (C=O) groups excluding carboxylic acids is 2. The van der Waals surface area contributed by atoms with Gasteiger partial charge >= 0.3 is 16.5 Å².